The van der Waals surface area contributed by atoms with Gasteiger partial charge >= 0.3 is 5.97 Å². The normalized spacial score (nSPS) is 35.4. The van der Waals surface area contributed by atoms with Crippen LogP contribution in [0.5, 0.6) is 5.75 Å². The lowest BCUT2D eigenvalue weighted by Gasteiger charge is -2.74. The summed E-state index contributed by atoms with van der Waals surface area (Å²) in [7, 11) is 1.92. The molecule has 2 heterocycles. The molecule has 1 saturated heterocycles. The van der Waals surface area contributed by atoms with Crippen LogP contribution in [-0.4, -0.2) is 61.0 Å². The Morgan fingerprint density at radius 2 is 1.86 bits per heavy atom. The van der Waals surface area contributed by atoms with Gasteiger partial charge in [-0.15, -0.1) is 0 Å². The average molecular weight is 586 g/mol. The molecule has 6 atom stereocenters. The number of fused-ring (bicyclic) bond motifs is 2. The van der Waals surface area contributed by atoms with Gasteiger partial charge in [-0.3, -0.25) is 4.90 Å². The molecule has 2 aliphatic heterocycles. The van der Waals surface area contributed by atoms with Crippen LogP contribution in [0.3, 0.4) is 0 Å². The topological polar surface area (TPSA) is 57.2 Å². The molecular weight excluding hydrogens is 538 g/mol. The van der Waals surface area contributed by atoms with Gasteiger partial charge in [0, 0.05) is 42.0 Å². The predicted molar refractivity (Wildman–Crippen MR) is 164 cm³/mol. The fraction of sp³-hybridized carbons (Fsp3) is 0.649. The van der Waals surface area contributed by atoms with E-state index in [1.807, 2.05) is 52.1 Å². The largest absolute Gasteiger partial charge is 0.486 e. The summed E-state index contributed by atoms with van der Waals surface area (Å²) in [5.74, 6) is 2.03. The summed E-state index contributed by atoms with van der Waals surface area (Å²) in [5.41, 5.74) is 5.34. The van der Waals surface area contributed by atoms with Crippen molar-refractivity contribution in [1.82, 2.24) is 4.90 Å². The van der Waals surface area contributed by atoms with Crippen molar-refractivity contribution in [3.63, 3.8) is 0 Å². The first kappa shape index (κ1) is 28.1. The fourth-order valence-corrected chi connectivity index (χ4v) is 10.3. The van der Waals surface area contributed by atoms with Crippen LogP contribution in [0, 0.1) is 24.2 Å². The molecule has 5 fully saturated rings. The van der Waals surface area contributed by atoms with Gasteiger partial charge < -0.3 is 18.9 Å². The van der Waals surface area contributed by atoms with E-state index in [0.29, 0.717) is 24.8 Å². The molecule has 4 saturated carbocycles. The number of nitrogens with zero attached hydrogens (tertiary/aromatic N) is 1. The highest BCUT2D eigenvalue weighted by atomic mass is 16.6. The Balaban J connectivity index is 1.07. The molecule has 2 aromatic rings. The Labute approximate surface area is 256 Å². The molecule has 6 nitrogen and oxygen atoms in total. The minimum Gasteiger partial charge on any atom is -0.486 e. The number of hydrogen-bond acceptors (Lipinski definition) is 6. The highest BCUT2D eigenvalue weighted by Crippen LogP contribution is 2.76. The second-order valence-corrected chi connectivity index (χ2v) is 15.6. The lowest BCUT2D eigenvalue weighted by molar-refractivity contribution is -0.283. The molecule has 0 amide bonds. The number of methoxy groups -OCH3 is 1. The van der Waals surface area contributed by atoms with Gasteiger partial charge in [0.25, 0.3) is 0 Å². The van der Waals surface area contributed by atoms with E-state index in [2.05, 4.69) is 24.0 Å². The van der Waals surface area contributed by atoms with Crippen LogP contribution in [0.2, 0.25) is 0 Å². The maximum atomic E-state index is 12.5. The molecular formula is C37H47NO5. The fourth-order valence-electron chi connectivity index (χ4n) is 10.3. The third kappa shape index (κ3) is 3.98. The summed E-state index contributed by atoms with van der Waals surface area (Å²) < 4.78 is 25.9. The van der Waals surface area contributed by atoms with E-state index in [4.69, 9.17) is 18.9 Å². The molecule has 5 aliphatic carbocycles. The van der Waals surface area contributed by atoms with E-state index in [0.717, 1.165) is 36.5 Å². The first-order valence-corrected chi connectivity index (χ1v) is 16.6. The van der Waals surface area contributed by atoms with Crippen molar-refractivity contribution in [2.24, 2.45) is 17.3 Å². The first-order valence-electron chi connectivity index (χ1n) is 16.6. The lowest BCUT2D eigenvalue weighted by atomic mass is 9.35. The SMILES string of the molecule is COC12CCC3(C[C@@H]1COCc1ccc(C(=O)OC(C)(C)C)cc1)[C@H]1Cc4ccc(C)c5c4[C@@]3(CCN1CC1CC1)[C@H]2O5. The number of benzene rings is 2. The number of aryl methyl sites for hydroxylation is 1. The van der Waals surface area contributed by atoms with Gasteiger partial charge in [-0.2, -0.15) is 0 Å². The van der Waals surface area contributed by atoms with Crippen molar-refractivity contribution in [3.05, 3.63) is 64.2 Å². The molecule has 2 unspecified atom stereocenters. The minimum atomic E-state index is -0.510. The molecule has 6 heteroatoms. The Morgan fingerprint density at radius 3 is 2.58 bits per heavy atom. The number of rotatable bonds is 8. The minimum absolute atomic E-state index is 0.0366. The second-order valence-electron chi connectivity index (χ2n) is 15.6. The number of hydrogen-bond donors (Lipinski definition) is 0. The van der Waals surface area contributed by atoms with Crippen molar-refractivity contribution in [2.75, 3.05) is 26.8 Å². The van der Waals surface area contributed by atoms with Gasteiger partial charge in [0.2, 0.25) is 0 Å². The van der Waals surface area contributed by atoms with Gasteiger partial charge in [0.15, 0.2) is 0 Å². The van der Waals surface area contributed by atoms with Crippen molar-refractivity contribution in [2.45, 2.75) is 108 Å². The van der Waals surface area contributed by atoms with E-state index in [-0.39, 0.29) is 34.4 Å². The van der Waals surface area contributed by atoms with Crippen LogP contribution < -0.4 is 4.74 Å². The summed E-state index contributed by atoms with van der Waals surface area (Å²) in [5, 5.41) is 0. The summed E-state index contributed by atoms with van der Waals surface area (Å²) in [6, 6.07) is 12.9. The van der Waals surface area contributed by atoms with Crippen LogP contribution in [-0.2, 0) is 32.7 Å². The molecule has 230 valence electrons. The summed E-state index contributed by atoms with van der Waals surface area (Å²) in [6.07, 6.45) is 8.53. The van der Waals surface area contributed by atoms with Gasteiger partial charge in [0.1, 0.15) is 23.1 Å². The number of carbonyl (C=O) groups is 1. The Bertz CT molecular complexity index is 1440. The highest BCUT2D eigenvalue weighted by molar-refractivity contribution is 5.89. The standard InChI is InChI=1S/C37H47NO5/c1-23-6-11-27-18-29-35-14-15-37(40-5,33-36(35,30(27)31(23)42-33)16-17-38(29)20-24-7-8-24)28(19-35)22-41-21-25-9-12-26(13-10-25)32(39)43-34(2,3)4/h6,9-13,24,28-29,33H,7-8,14-22H2,1-5H3/t28-,29-,33-,35?,36+,37?/m1/s1. The highest BCUT2D eigenvalue weighted by Gasteiger charge is 2.80. The van der Waals surface area contributed by atoms with Crippen LogP contribution in [0.25, 0.3) is 0 Å². The van der Waals surface area contributed by atoms with Crippen LogP contribution in [0.1, 0.15) is 91.9 Å². The van der Waals surface area contributed by atoms with Crippen LogP contribution >= 0.6 is 0 Å². The smallest absolute Gasteiger partial charge is 0.338 e. The first-order chi connectivity index (χ1) is 20.6. The van der Waals surface area contributed by atoms with Gasteiger partial charge in [0.05, 0.1) is 18.8 Å². The summed E-state index contributed by atoms with van der Waals surface area (Å²) in [6.45, 7) is 11.5. The molecule has 4 bridgehead atoms. The predicted octanol–water partition coefficient (Wildman–Crippen LogP) is 6.39. The zero-order valence-corrected chi connectivity index (χ0v) is 26.5. The zero-order valence-electron chi connectivity index (χ0n) is 26.5. The summed E-state index contributed by atoms with van der Waals surface area (Å²) >= 11 is 0. The van der Waals surface area contributed by atoms with Gasteiger partial charge in [-0.05, 0) is 114 Å². The Morgan fingerprint density at radius 1 is 1.07 bits per heavy atom. The zero-order chi connectivity index (χ0) is 29.8. The maximum absolute atomic E-state index is 12.5. The number of likely N-dealkylation sites (tertiary alicyclic amines) is 1. The number of carbonyl (C=O) groups excluding carboxylic acids is 1. The van der Waals surface area contributed by atoms with Gasteiger partial charge in [-0.25, -0.2) is 4.79 Å². The molecule has 9 rings (SSSR count). The average Bonchev–Trinajstić information content (AvgIpc) is 3.72. The molecule has 2 aromatic carbocycles. The third-order valence-corrected chi connectivity index (χ3v) is 12.2. The van der Waals surface area contributed by atoms with E-state index in [9.17, 15) is 4.79 Å². The summed E-state index contributed by atoms with van der Waals surface area (Å²) in [4.78, 5) is 15.4. The van der Waals surface area contributed by atoms with Gasteiger partial charge in [-0.1, -0.05) is 24.3 Å². The maximum Gasteiger partial charge on any atom is 0.338 e. The van der Waals surface area contributed by atoms with Crippen molar-refractivity contribution in [1.29, 1.82) is 0 Å². The molecule has 0 aromatic heterocycles. The van der Waals surface area contributed by atoms with Crippen molar-refractivity contribution < 1.29 is 23.7 Å². The van der Waals surface area contributed by atoms with Crippen LogP contribution in [0.4, 0.5) is 0 Å². The monoisotopic (exact) mass is 585 g/mol. The van der Waals surface area contributed by atoms with Crippen molar-refractivity contribution in [3.8, 4) is 5.75 Å². The van der Waals surface area contributed by atoms with Crippen molar-refractivity contribution >= 4 is 5.97 Å². The van der Waals surface area contributed by atoms with E-state index in [1.165, 1.54) is 49.9 Å². The quantitative estimate of drug-likeness (QED) is 0.335. The van der Waals surface area contributed by atoms with E-state index in [1.54, 1.807) is 5.56 Å². The molecule has 7 aliphatic rings. The number of esters is 1. The van der Waals surface area contributed by atoms with E-state index < -0.39 is 5.60 Å². The Kier molecular flexibility index (Phi) is 6.24. The van der Waals surface area contributed by atoms with Crippen LogP contribution in [0.15, 0.2) is 36.4 Å². The number of piperidine rings is 1. The molecule has 0 radical (unpaired) electrons. The third-order valence-electron chi connectivity index (χ3n) is 12.2. The number of ether oxygens (including phenoxy) is 4. The lowest BCUT2D eigenvalue weighted by Crippen LogP contribution is -2.81. The van der Waals surface area contributed by atoms with E-state index >= 15 is 0 Å². The Hall–Kier alpha value is -2.41. The molecule has 2 spiro atoms. The second kappa shape index (κ2) is 9.55. The molecule has 0 N–H and O–H groups in total. The molecule has 43 heavy (non-hydrogen) atoms.